The van der Waals surface area contributed by atoms with Crippen LogP contribution in [0.3, 0.4) is 0 Å². The fourth-order valence-corrected chi connectivity index (χ4v) is 2.52. The summed E-state index contributed by atoms with van der Waals surface area (Å²) in [4.78, 5) is 26.6. The third-order valence-electron chi connectivity index (χ3n) is 2.60. The van der Waals surface area contributed by atoms with Crippen LogP contribution in [0.15, 0.2) is 6.07 Å². The Morgan fingerprint density at radius 2 is 2.15 bits per heavy atom. The minimum atomic E-state index is -0.557. The predicted molar refractivity (Wildman–Crippen MR) is 80.6 cm³/mol. The molecule has 1 unspecified atom stereocenters. The van der Waals surface area contributed by atoms with Crippen molar-refractivity contribution in [1.29, 1.82) is 0 Å². The molecule has 0 saturated carbocycles. The van der Waals surface area contributed by atoms with E-state index in [9.17, 15) is 9.59 Å². The van der Waals surface area contributed by atoms with E-state index < -0.39 is 6.04 Å². The first-order chi connectivity index (χ1) is 9.36. The Kier molecular flexibility index (Phi) is 5.74. The van der Waals surface area contributed by atoms with E-state index in [1.807, 2.05) is 6.92 Å². The van der Waals surface area contributed by atoms with Gasteiger partial charge >= 0.3 is 0 Å². The van der Waals surface area contributed by atoms with E-state index in [4.69, 9.17) is 5.73 Å². The number of thiophene rings is 1. The van der Waals surface area contributed by atoms with E-state index in [2.05, 4.69) is 17.2 Å². The molecule has 3 N–H and O–H groups in total. The molecule has 0 saturated heterocycles. The Labute approximate surface area is 123 Å². The van der Waals surface area contributed by atoms with Crippen LogP contribution in [-0.2, 0) is 4.79 Å². The van der Waals surface area contributed by atoms with Gasteiger partial charge in [0.25, 0.3) is 5.91 Å². The number of nitrogens with two attached hydrogens (primary N) is 1. The second-order valence-corrected chi connectivity index (χ2v) is 5.61. The Bertz CT molecular complexity index is 567. The topological polar surface area (TPSA) is 75.4 Å². The molecule has 1 heterocycles. The van der Waals surface area contributed by atoms with Gasteiger partial charge in [0, 0.05) is 14.1 Å². The van der Waals surface area contributed by atoms with Gasteiger partial charge in [-0.25, -0.2) is 0 Å². The summed E-state index contributed by atoms with van der Waals surface area (Å²) in [7, 11) is 3.31. The molecule has 0 aliphatic carbocycles. The van der Waals surface area contributed by atoms with E-state index >= 15 is 0 Å². The molecular weight excluding hydrogens is 274 g/mol. The highest BCUT2D eigenvalue weighted by Crippen LogP contribution is 2.20. The molecule has 0 radical (unpaired) electrons. The van der Waals surface area contributed by atoms with Gasteiger partial charge in [-0.05, 0) is 25.5 Å². The third kappa shape index (κ3) is 4.08. The molecule has 1 rings (SSSR count). The Balaban J connectivity index is 2.81. The number of hydrogen-bond donors (Lipinski definition) is 2. The Morgan fingerprint density at radius 3 is 2.70 bits per heavy atom. The van der Waals surface area contributed by atoms with Crippen LogP contribution in [-0.4, -0.2) is 43.4 Å². The van der Waals surface area contributed by atoms with Gasteiger partial charge in [0.05, 0.1) is 16.3 Å². The summed E-state index contributed by atoms with van der Waals surface area (Å²) in [5.74, 6) is 5.29. The first kappa shape index (κ1) is 16.2. The summed E-state index contributed by atoms with van der Waals surface area (Å²) in [5, 5.41) is 2.68. The lowest BCUT2D eigenvalue weighted by molar-refractivity contribution is -0.130. The largest absolute Gasteiger partial charge is 0.347 e. The average molecular weight is 293 g/mol. The van der Waals surface area contributed by atoms with Crippen molar-refractivity contribution in [3.05, 3.63) is 21.4 Å². The first-order valence-electron chi connectivity index (χ1n) is 6.18. The van der Waals surface area contributed by atoms with Gasteiger partial charge in [0.15, 0.2) is 0 Å². The molecule has 20 heavy (non-hydrogen) atoms. The maximum atomic E-state index is 12.1. The number of aryl methyl sites for hydroxylation is 1. The molecule has 1 aromatic heterocycles. The Hall–Kier alpha value is -1.84. The lowest BCUT2D eigenvalue weighted by atomic mass is 10.2. The van der Waals surface area contributed by atoms with Crippen LogP contribution in [0.4, 0.5) is 0 Å². The minimum Gasteiger partial charge on any atom is -0.347 e. The highest BCUT2D eigenvalue weighted by Gasteiger charge is 2.19. The van der Waals surface area contributed by atoms with Crippen LogP contribution < -0.4 is 11.1 Å². The average Bonchev–Trinajstić information content (AvgIpc) is 2.76. The van der Waals surface area contributed by atoms with E-state index in [-0.39, 0.29) is 18.4 Å². The van der Waals surface area contributed by atoms with E-state index in [0.29, 0.717) is 4.88 Å². The molecule has 108 valence electrons. The smallest absolute Gasteiger partial charge is 0.262 e. The molecule has 0 fully saturated rings. The van der Waals surface area contributed by atoms with Crippen LogP contribution in [0, 0.1) is 18.8 Å². The zero-order chi connectivity index (χ0) is 15.3. The zero-order valence-electron chi connectivity index (χ0n) is 12.1. The zero-order valence-corrected chi connectivity index (χ0v) is 12.9. The van der Waals surface area contributed by atoms with Crippen molar-refractivity contribution in [2.45, 2.75) is 19.9 Å². The molecular formula is C14H19N3O2S. The van der Waals surface area contributed by atoms with Crippen molar-refractivity contribution in [3.8, 4) is 11.8 Å². The molecule has 0 aliphatic rings. The van der Waals surface area contributed by atoms with Crippen molar-refractivity contribution in [1.82, 2.24) is 10.2 Å². The van der Waals surface area contributed by atoms with Crippen molar-refractivity contribution >= 4 is 23.2 Å². The SMILES string of the molecule is Cc1cc(C(=O)NC(C)C(=O)N(C)C)sc1C#CCN. The van der Waals surface area contributed by atoms with Crippen LogP contribution in [0.2, 0.25) is 0 Å². The summed E-state index contributed by atoms with van der Waals surface area (Å²) in [6.45, 7) is 3.84. The number of likely N-dealkylation sites (N-methyl/N-ethyl adjacent to an activating group) is 1. The van der Waals surface area contributed by atoms with Crippen molar-refractivity contribution in [3.63, 3.8) is 0 Å². The van der Waals surface area contributed by atoms with Crippen molar-refractivity contribution in [2.24, 2.45) is 5.73 Å². The van der Waals surface area contributed by atoms with E-state index in [1.165, 1.54) is 16.2 Å². The molecule has 1 atom stereocenters. The summed E-state index contributed by atoms with van der Waals surface area (Å²) in [6.07, 6.45) is 0. The number of amides is 2. The van der Waals surface area contributed by atoms with Crippen LogP contribution in [0.25, 0.3) is 0 Å². The Morgan fingerprint density at radius 1 is 1.50 bits per heavy atom. The maximum Gasteiger partial charge on any atom is 0.262 e. The molecule has 5 nitrogen and oxygen atoms in total. The van der Waals surface area contributed by atoms with Crippen molar-refractivity contribution < 1.29 is 9.59 Å². The number of nitrogens with zero attached hydrogens (tertiary/aromatic N) is 1. The van der Waals surface area contributed by atoms with Gasteiger partial charge < -0.3 is 16.0 Å². The van der Waals surface area contributed by atoms with Gasteiger partial charge in [-0.15, -0.1) is 11.3 Å². The number of rotatable bonds is 3. The monoisotopic (exact) mass is 293 g/mol. The molecule has 1 aromatic rings. The molecule has 6 heteroatoms. The quantitative estimate of drug-likeness (QED) is 0.800. The fourth-order valence-electron chi connectivity index (χ4n) is 1.57. The highest BCUT2D eigenvalue weighted by molar-refractivity contribution is 7.14. The van der Waals surface area contributed by atoms with E-state index in [1.54, 1.807) is 27.1 Å². The summed E-state index contributed by atoms with van der Waals surface area (Å²) >= 11 is 1.30. The molecule has 0 bridgehead atoms. The fraction of sp³-hybridized carbons (Fsp3) is 0.429. The molecule has 0 aromatic carbocycles. The van der Waals surface area contributed by atoms with Gasteiger partial charge in [-0.1, -0.05) is 11.8 Å². The second-order valence-electron chi connectivity index (χ2n) is 4.56. The number of carbonyl (C=O) groups is 2. The number of hydrogen-bond acceptors (Lipinski definition) is 4. The molecule has 0 spiro atoms. The minimum absolute atomic E-state index is 0.144. The van der Waals surface area contributed by atoms with Gasteiger partial charge in [0.1, 0.15) is 6.04 Å². The predicted octanol–water partition coefficient (Wildman–Crippen LogP) is 0.573. The van der Waals surface area contributed by atoms with Gasteiger partial charge in [-0.2, -0.15) is 0 Å². The summed E-state index contributed by atoms with van der Waals surface area (Å²) < 4.78 is 0. The standard InChI is InChI=1S/C14H19N3O2S/c1-9-8-12(20-11(9)6-5-7-15)13(18)16-10(2)14(19)17(3)4/h8,10H,7,15H2,1-4H3,(H,16,18). The normalized spacial score (nSPS) is 11.2. The lowest BCUT2D eigenvalue weighted by Crippen LogP contribution is -2.44. The van der Waals surface area contributed by atoms with Gasteiger partial charge in [0.2, 0.25) is 5.91 Å². The van der Waals surface area contributed by atoms with Crippen LogP contribution in [0.5, 0.6) is 0 Å². The number of nitrogens with one attached hydrogen (secondary N) is 1. The first-order valence-corrected chi connectivity index (χ1v) is 6.99. The highest BCUT2D eigenvalue weighted by atomic mass is 32.1. The van der Waals surface area contributed by atoms with Crippen LogP contribution in [0.1, 0.15) is 27.0 Å². The molecule has 0 aliphatic heterocycles. The van der Waals surface area contributed by atoms with E-state index in [0.717, 1.165) is 10.4 Å². The second kappa shape index (κ2) is 7.08. The summed E-state index contributed by atoms with van der Waals surface area (Å²) in [5.41, 5.74) is 6.27. The molecule has 2 amide bonds. The third-order valence-corrected chi connectivity index (χ3v) is 3.76. The maximum absolute atomic E-state index is 12.1. The number of carbonyl (C=O) groups excluding carboxylic acids is 2. The van der Waals surface area contributed by atoms with Gasteiger partial charge in [-0.3, -0.25) is 9.59 Å². The van der Waals surface area contributed by atoms with Crippen LogP contribution >= 0.6 is 11.3 Å². The lowest BCUT2D eigenvalue weighted by Gasteiger charge is -2.17. The van der Waals surface area contributed by atoms with Crippen molar-refractivity contribution in [2.75, 3.05) is 20.6 Å². The summed E-state index contributed by atoms with van der Waals surface area (Å²) in [6, 6.07) is 1.21.